The van der Waals surface area contributed by atoms with Crippen molar-refractivity contribution in [3.8, 4) is 28.6 Å². The molecule has 0 saturated heterocycles. The number of benzene rings is 2. The van der Waals surface area contributed by atoms with Gasteiger partial charge in [-0.25, -0.2) is 4.68 Å². The average molecular weight is 504 g/mol. The van der Waals surface area contributed by atoms with Crippen LogP contribution in [-0.4, -0.2) is 52.8 Å². The minimum atomic E-state index is -0.697. The van der Waals surface area contributed by atoms with Crippen LogP contribution in [0.25, 0.3) is 11.3 Å². The normalized spacial score (nSPS) is 12.0. The van der Waals surface area contributed by atoms with E-state index in [1.54, 1.807) is 24.1 Å². The van der Waals surface area contributed by atoms with Crippen molar-refractivity contribution in [1.82, 2.24) is 14.7 Å². The molecule has 1 atom stereocenters. The molecule has 2 aromatic carbocycles. The third-order valence-corrected chi connectivity index (χ3v) is 5.77. The van der Waals surface area contributed by atoms with Crippen LogP contribution in [0.1, 0.15) is 11.3 Å². The molecule has 4 aromatic rings. The van der Waals surface area contributed by atoms with Gasteiger partial charge in [-0.3, -0.25) is 4.90 Å². The molecular formula is C29H33N3O5. The number of aryl methyl sites for hydroxylation is 1. The Kier molecular flexibility index (Phi) is 9.15. The highest BCUT2D eigenvalue weighted by atomic mass is 16.5. The zero-order valence-electron chi connectivity index (χ0n) is 21.2. The minimum absolute atomic E-state index is 0.203. The highest BCUT2D eigenvalue weighted by Gasteiger charge is 2.24. The summed E-state index contributed by atoms with van der Waals surface area (Å²) in [6.45, 7) is 5.57. The van der Waals surface area contributed by atoms with Crippen LogP contribution in [0, 0.1) is 0 Å². The Balaban J connectivity index is 1.67. The van der Waals surface area contributed by atoms with Gasteiger partial charge in [-0.1, -0.05) is 36.4 Å². The molecule has 0 aliphatic heterocycles. The molecule has 8 nitrogen and oxygen atoms in total. The maximum atomic E-state index is 10.7. The predicted octanol–water partition coefficient (Wildman–Crippen LogP) is 5.05. The quantitative estimate of drug-likeness (QED) is 0.191. The summed E-state index contributed by atoms with van der Waals surface area (Å²) in [5.41, 5.74) is 2.69. The van der Waals surface area contributed by atoms with Gasteiger partial charge in [0.25, 0.3) is 0 Å². The molecule has 194 valence electrons. The number of rotatable bonds is 14. The van der Waals surface area contributed by atoms with Gasteiger partial charge in [-0.05, 0) is 36.4 Å². The second kappa shape index (κ2) is 12.9. The Morgan fingerprint density at radius 2 is 1.81 bits per heavy atom. The van der Waals surface area contributed by atoms with E-state index in [1.165, 1.54) is 0 Å². The maximum Gasteiger partial charge on any atom is 0.222 e. The Morgan fingerprint density at radius 3 is 2.49 bits per heavy atom. The summed E-state index contributed by atoms with van der Waals surface area (Å²) in [7, 11) is 3.50. The molecule has 0 spiro atoms. The third kappa shape index (κ3) is 7.10. The molecule has 2 heterocycles. The molecule has 2 aromatic heterocycles. The van der Waals surface area contributed by atoms with Crippen molar-refractivity contribution < 1.29 is 23.7 Å². The lowest BCUT2D eigenvalue weighted by atomic mass is 10.1. The molecule has 4 rings (SSSR count). The Labute approximate surface area is 217 Å². The first-order valence-electron chi connectivity index (χ1n) is 12.1. The van der Waals surface area contributed by atoms with E-state index in [1.807, 2.05) is 73.8 Å². The van der Waals surface area contributed by atoms with Gasteiger partial charge in [-0.15, -0.1) is 6.58 Å². The summed E-state index contributed by atoms with van der Waals surface area (Å²) >= 11 is 0. The fourth-order valence-electron chi connectivity index (χ4n) is 4.08. The molecule has 0 amide bonds. The van der Waals surface area contributed by atoms with Crippen molar-refractivity contribution in [2.75, 3.05) is 26.9 Å². The number of nitrogens with zero attached hydrogens (tertiary/aromatic N) is 3. The SMILES string of the molecule is C=CCOC[C@H](O)CN(Cc1ccco1)Cc1c(-c2ccccc2)nn(C)c1Oc1ccc(OC)cc1. The second-order valence-electron chi connectivity index (χ2n) is 8.63. The minimum Gasteiger partial charge on any atom is -0.497 e. The Hall–Kier alpha value is -3.85. The van der Waals surface area contributed by atoms with E-state index in [0.717, 1.165) is 28.3 Å². The van der Waals surface area contributed by atoms with Crippen molar-refractivity contribution in [2.45, 2.75) is 19.2 Å². The van der Waals surface area contributed by atoms with Crippen LogP contribution in [0.2, 0.25) is 0 Å². The topological polar surface area (TPSA) is 82.1 Å². The molecule has 1 N–H and O–H groups in total. The second-order valence-corrected chi connectivity index (χ2v) is 8.63. The molecule has 0 radical (unpaired) electrons. The molecule has 0 aliphatic carbocycles. The van der Waals surface area contributed by atoms with Gasteiger partial charge in [0.15, 0.2) is 0 Å². The van der Waals surface area contributed by atoms with Gasteiger partial charge in [-0.2, -0.15) is 5.10 Å². The Bertz CT molecular complexity index is 1240. The number of aliphatic hydroxyl groups excluding tert-OH is 1. The van der Waals surface area contributed by atoms with E-state index in [0.29, 0.717) is 37.9 Å². The molecule has 0 aliphatic rings. The number of ether oxygens (including phenoxy) is 3. The van der Waals surface area contributed by atoms with Crippen LogP contribution in [0.4, 0.5) is 0 Å². The Morgan fingerprint density at radius 1 is 1.05 bits per heavy atom. The van der Waals surface area contributed by atoms with Crippen molar-refractivity contribution in [3.05, 3.63) is 97.0 Å². The van der Waals surface area contributed by atoms with Gasteiger partial charge in [0, 0.05) is 25.7 Å². The molecule has 0 bridgehead atoms. The van der Waals surface area contributed by atoms with Gasteiger partial charge < -0.3 is 23.7 Å². The van der Waals surface area contributed by atoms with Gasteiger partial charge in [0.2, 0.25) is 5.88 Å². The molecule has 0 fully saturated rings. The first-order valence-corrected chi connectivity index (χ1v) is 12.1. The number of hydrogen-bond donors (Lipinski definition) is 1. The maximum absolute atomic E-state index is 10.7. The fraction of sp³-hybridized carbons (Fsp3) is 0.276. The number of furan rings is 1. The number of methoxy groups -OCH3 is 1. The van der Waals surface area contributed by atoms with Crippen LogP contribution in [0.15, 0.2) is 90.1 Å². The third-order valence-electron chi connectivity index (χ3n) is 5.77. The van der Waals surface area contributed by atoms with E-state index in [-0.39, 0.29) is 6.61 Å². The van der Waals surface area contributed by atoms with Crippen molar-refractivity contribution in [2.24, 2.45) is 7.05 Å². The van der Waals surface area contributed by atoms with Crippen molar-refractivity contribution in [1.29, 1.82) is 0 Å². The first-order chi connectivity index (χ1) is 18.1. The highest BCUT2D eigenvalue weighted by molar-refractivity contribution is 5.65. The van der Waals surface area contributed by atoms with Crippen LogP contribution in [0.5, 0.6) is 17.4 Å². The summed E-state index contributed by atoms with van der Waals surface area (Å²) in [6, 6.07) is 21.2. The van der Waals surface area contributed by atoms with Crippen LogP contribution >= 0.6 is 0 Å². The van der Waals surface area contributed by atoms with Crippen molar-refractivity contribution >= 4 is 0 Å². The molecule has 37 heavy (non-hydrogen) atoms. The zero-order chi connectivity index (χ0) is 26.0. The summed E-state index contributed by atoms with van der Waals surface area (Å²) in [4.78, 5) is 2.10. The molecular weight excluding hydrogens is 470 g/mol. The molecule has 0 saturated carbocycles. The standard InChI is InChI=1S/C29H33N3O5/c1-4-16-35-21-23(33)18-32(19-26-11-8-17-36-26)20-27-28(22-9-6-5-7-10-22)30-31(2)29(27)37-25-14-12-24(34-3)13-15-25/h4-15,17,23,33H,1,16,18-21H2,2-3H3/t23-/m1/s1. The molecule has 8 heteroatoms. The van der Waals surface area contributed by atoms with E-state index >= 15 is 0 Å². The van der Waals surface area contributed by atoms with Crippen LogP contribution in [-0.2, 0) is 24.9 Å². The summed E-state index contributed by atoms with van der Waals surface area (Å²) in [6.07, 6.45) is 2.62. The number of aliphatic hydroxyl groups is 1. The van der Waals surface area contributed by atoms with Crippen LogP contribution < -0.4 is 9.47 Å². The van der Waals surface area contributed by atoms with Gasteiger partial charge >= 0.3 is 0 Å². The first kappa shape index (κ1) is 26.2. The van der Waals surface area contributed by atoms with Crippen LogP contribution in [0.3, 0.4) is 0 Å². The van der Waals surface area contributed by atoms with Gasteiger partial charge in [0.1, 0.15) is 23.0 Å². The fourth-order valence-corrected chi connectivity index (χ4v) is 4.08. The zero-order valence-corrected chi connectivity index (χ0v) is 21.2. The average Bonchev–Trinajstić information content (AvgIpc) is 3.53. The van der Waals surface area contributed by atoms with E-state index in [2.05, 4.69) is 11.5 Å². The smallest absolute Gasteiger partial charge is 0.222 e. The van der Waals surface area contributed by atoms with E-state index in [4.69, 9.17) is 23.7 Å². The lowest BCUT2D eigenvalue weighted by Crippen LogP contribution is -2.34. The largest absolute Gasteiger partial charge is 0.497 e. The summed E-state index contributed by atoms with van der Waals surface area (Å²) < 4.78 is 24.5. The van der Waals surface area contributed by atoms with Gasteiger partial charge in [0.05, 0.1) is 44.8 Å². The number of hydrogen-bond acceptors (Lipinski definition) is 7. The van der Waals surface area contributed by atoms with Crippen molar-refractivity contribution in [3.63, 3.8) is 0 Å². The summed E-state index contributed by atoms with van der Waals surface area (Å²) in [5.74, 6) is 2.83. The summed E-state index contributed by atoms with van der Waals surface area (Å²) in [5, 5.41) is 15.5. The van der Waals surface area contributed by atoms with E-state index in [9.17, 15) is 5.11 Å². The lowest BCUT2D eigenvalue weighted by Gasteiger charge is -2.25. The van der Waals surface area contributed by atoms with E-state index < -0.39 is 6.10 Å². The monoisotopic (exact) mass is 503 g/mol. The lowest BCUT2D eigenvalue weighted by molar-refractivity contribution is 0.0215. The predicted molar refractivity (Wildman–Crippen MR) is 142 cm³/mol. The molecule has 0 unspecified atom stereocenters. The number of aromatic nitrogens is 2. The highest BCUT2D eigenvalue weighted by Crippen LogP contribution is 2.35.